The van der Waals surface area contributed by atoms with Gasteiger partial charge in [0, 0.05) is 19.5 Å². The van der Waals surface area contributed by atoms with Gasteiger partial charge in [0.2, 0.25) is 0 Å². The van der Waals surface area contributed by atoms with Crippen molar-refractivity contribution < 1.29 is 0 Å². The Kier molecular flexibility index (Phi) is 3.96. The molecule has 0 aliphatic heterocycles. The minimum atomic E-state index is -0.726. The summed E-state index contributed by atoms with van der Waals surface area (Å²) in [4.78, 5) is 0. The molecule has 0 bridgehead atoms. The van der Waals surface area contributed by atoms with Crippen molar-refractivity contribution in [3.05, 3.63) is 11.5 Å². The normalized spacial score (nSPS) is 13.5. The van der Waals surface area contributed by atoms with Crippen LogP contribution in [-0.2, 0) is 0 Å². The fourth-order valence-corrected chi connectivity index (χ4v) is 2.16. The third-order valence-corrected chi connectivity index (χ3v) is 2.20. The van der Waals surface area contributed by atoms with Gasteiger partial charge in [-0.05, 0) is 13.8 Å². The maximum absolute atomic E-state index is 3.29. The molecule has 0 aromatic heterocycles. The summed E-state index contributed by atoms with van der Waals surface area (Å²) in [7, 11) is -0.726. The van der Waals surface area contributed by atoms with Gasteiger partial charge in [0.25, 0.3) is 0 Å². The lowest BCUT2D eigenvalue weighted by Crippen LogP contribution is -2.09. The molecular formula is C8H19NP+. The maximum atomic E-state index is 3.29. The van der Waals surface area contributed by atoms with Crippen LogP contribution < -0.4 is 5.32 Å². The Labute approximate surface area is 65.2 Å². The molecule has 0 fully saturated rings. The van der Waals surface area contributed by atoms with Crippen molar-refractivity contribution in [1.82, 2.24) is 5.32 Å². The molecule has 0 atom stereocenters. The zero-order chi connectivity index (χ0) is 8.20. The Hall–Kier alpha value is -0.0300. The molecule has 0 saturated heterocycles. The van der Waals surface area contributed by atoms with Crippen LogP contribution in [0.2, 0.25) is 0 Å². The van der Waals surface area contributed by atoms with E-state index in [1.807, 2.05) is 0 Å². The number of nitrogens with one attached hydrogen (secondary N) is 1. The molecule has 0 aliphatic carbocycles. The summed E-state index contributed by atoms with van der Waals surface area (Å²) in [6, 6.07) is 0. The van der Waals surface area contributed by atoms with E-state index in [2.05, 4.69) is 45.0 Å². The monoisotopic (exact) mass is 160 g/mol. The second kappa shape index (κ2) is 3.98. The Balaban J connectivity index is 3.90. The van der Waals surface area contributed by atoms with Gasteiger partial charge in [0.1, 0.15) is 0 Å². The SMILES string of the molecule is CCN/C(C)=C/[P+](C)(C)C. The average Bonchev–Trinajstić information content (AvgIpc) is 1.59. The van der Waals surface area contributed by atoms with E-state index in [1.54, 1.807) is 0 Å². The van der Waals surface area contributed by atoms with Crippen LogP contribution in [0.5, 0.6) is 0 Å². The van der Waals surface area contributed by atoms with Crippen molar-refractivity contribution in [1.29, 1.82) is 0 Å². The third-order valence-electron chi connectivity index (χ3n) is 1.04. The second-order valence-corrected chi connectivity index (χ2v) is 7.95. The standard InChI is InChI=1S/C8H19NP/c1-6-9-8(2)7-10(3,4)5/h7,9H,6H2,1-5H3/q+1/b8-7+. The fourth-order valence-electron chi connectivity index (χ4n) is 0.905. The largest absolute Gasteiger partial charge is 0.386 e. The Morgan fingerprint density at radius 3 is 2.20 bits per heavy atom. The molecule has 0 radical (unpaired) electrons. The Morgan fingerprint density at radius 1 is 1.40 bits per heavy atom. The molecule has 0 rings (SSSR count). The predicted molar refractivity (Wildman–Crippen MR) is 52.1 cm³/mol. The van der Waals surface area contributed by atoms with Crippen LogP contribution in [0.15, 0.2) is 11.5 Å². The van der Waals surface area contributed by atoms with E-state index in [-0.39, 0.29) is 0 Å². The minimum Gasteiger partial charge on any atom is -0.386 e. The summed E-state index contributed by atoms with van der Waals surface area (Å²) in [5, 5.41) is 3.29. The van der Waals surface area contributed by atoms with Crippen molar-refractivity contribution in [2.24, 2.45) is 0 Å². The summed E-state index contributed by atoms with van der Waals surface area (Å²) in [6.07, 6.45) is 0. The molecule has 0 aromatic rings. The first kappa shape index (κ1) is 9.97. The van der Waals surface area contributed by atoms with Crippen LogP contribution in [-0.4, -0.2) is 26.5 Å². The first-order chi connectivity index (χ1) is 4.45. The second-order valence-electron chi connectivity index (χ2n) is 3.46. The van der Waals surface area contributed by atoms with Crippen molar-refractivity contribution in [3.8, 4) is 0 Å². The van der Waals surface area contributed by atoms with Crippen LogP contribution >= 0.6 is 7.26 Å². The van der Waals surface area contributed by atoms with Gasteiger partial charge in [-0.3, -0.25) is 0 Å². The molecule has 60 valence electrons. The highest BCUT2D eigenvalue weighted by atomic mass is 31.2. The van der Waals surface area contributed by atoms with Gasteiger partial charge in [-0.2, -0.15) is 0 Å². The van der Waals surface area contributed by atoms with Crippen LogP contribution in [0.4, 0.5) is 0 Å². The van der Waals surface area contributed by atoms with E-state index in [4.69, 9.17) is 0 Å². The molecule has 0 amide bonds. The summed E-state index contributed by atoms with van der Waals surface area (Å²) in [5.41, 5.74) is 1.32. The van der Waals surface area contributed by atoms with Crippen molar-refractivity contribution in [2.45, 2.75) is 13.8 Å². The zero-order valence-corrected chi connectivity index (χ0v) is 8.63. The van der Waals surface area contributed by atoms with E-state index >= 15 is 0 Å². The summed E-state index contributed by atoms with van der Waals surface area (Å²) < 4.78 is 0. The number of allylic oxidation sites excluding steroid dienone is 1. The maximum Gasteiger partial charge on any atom is 0.0764 e. The van der Waals surface area contributed by atoms with Crippen LogP contribution in [0.3, 0.4) is 0 Å². The lowest BCUT2D eigenvalue weighted by Gasteiger charge is -2.07. The van der Waals surface area contributed by atoms with Gasteiger partial charge in [-0.25, -0.2) is 0 Å². The molecule has 0 aliphatic rings. The van der Waals surface area contributed by atoms with E-state index in [0.717, 1.165) is 6.54 Å². The lowest BCUT2D eigenvalue weighted by atomic mass is 10.5. The van der Waals surface area contributed by atoms with Crippen LogP contribution in [0, 0.1) is 0 Å². The minimum absolute atomic E-state index is 0.726. The zero-order valence-electron chi connectivity index (χ0n) is 7.73. The molecule has 0 heterocycles. The van der Waals surface area contributed by atoms with E-state index in [0.29, 0.717) is 0 Å². The van der Waals surface area contributed by atoms with Gasteiger partial charge in [0.15, 0.2) is 0 Å². The Bertz CT molecular complexity index is 122. The third kappa shape index (κ3) is 6.10. The van der Waals surface area contributed by atoms with E-state index in [1.165, 1.54) is 5.70 Å². The van der Waals surface area contributed by atoms with Crippen LogP contribution in [0.25, 0.3) is 0 Å². The highest BCUT2D eigenvalue weighted by Gasteiger charge is 2.12. The summed E-state index contributed by atoms with van der Waals surface area (Å²) in [5.74, 6) is 2.36. The van der Waals surface area contributed by atoms with Crippen molar-refractivity contribution >= 4 is 7.26 Å². The first-order valence-electron chi connectivity index (χ1n) is 3.70. The fraction of sp³-hybridized carbons (Fsp3) is 0.750. The topological polar surface area (TPSA) is 12.0 Å². The highest BCUT2D eigenvalue weighted by molar-refractivity contribution is 7.76. The number of hydrogen-bond donors (Lipinski definition) is 1. The molecular weight excluding hydrogens is 141 g/mol. The molecule has 0 unspecified atom stereocenters. The quantitative estimate of drug-likeness (QED) is 0.625. The summed E-state index contributed by atoms with van der Waals surface area (Å²) in [6.45, 7) is 12.2. The smallest absolute Gasteiger partial charge is 0.0764 e. The van der Waals surface area contributed by atoms with Crippen molar-refractivity contribution in [3.63, 3.8) is 0 Å². The molecule has 1 nitrogen and oxygen atoms in total. The highest BCUT2D eigenvalue weighted by Crippen LogP contribution is 2.48. The number of rotatable bonds is 3. The molecule has 1 N–H and O–H groups in total. The Morgan fingerprint density at radius 2 is 1.90 bits per heavy atom. The number of hydrogen-bond acceptors (Lipinski definition) is 1. The molecule has 0 aromatic carbocycles. The van der Waals surface area contributed by atoms with Gasteiger partial charge in [-0.15, -0.1) is 0 Å². The van der Waals surface area contributed by atoms with Crippen LogP contribution in [0.1, 0.15) is 13.8 Å². The average molecular weight is 160 g/mol. The molecule has 2 heteroatoms. The van der Waals surface area contributed by atoms with Gasteiger partial charge >= 0.3 is 0 Å². The van der Waals surface area contributed by atoms with Crippen molar-refractivity contribution in [2.75, 3.05) is 26.5 Å². The van der Waals surface area contributed by atoms with E-state index < -0.39 is 7.26 Å². The molecule has 10 heavy (non-hydrogen) atoms. The molecule has 0 spiro atoms. The van der Waals surface area contributed by atoms with Gasteiger partial charge in [0.05, 0.1) is 25.8 Å². The lowest BCUT2D eigenvalue weighted by molar-refractivity contribution is 0.857. The first-order valence-corrected chi connectivity index (χ1v) is 6.90. The predicted octanol–water partition coefficient (Wildman–Crippen LogP) is 2.36. The molecule has 0 saturated carbocycles. The van der Waals surface area contributed by atoms with Gasteiger partial charge in [-0.1, -0.05) is 0 Å². The van der Waals surface area contributed by atoms with Gasteiger partial charge < -0.3 is 5.32 Å². The van der Waals surface area contributed by atoms with E-state index in [9.17, 15) is 0 Å². The summed E-state index contributed by atoms with van der Waals surface area (Å²) >= 11 is 0.